The molecule has 0 atom stereocenters. The van der Waals surface area contributed by atoms with Gasteiger partial charge in [-0.3, -0.25) is 14.9 Å². The van der Waals surface area contributed by atoms with Gasteiger partial charge in [0.15, 0.2) is 0 Å². The Morgan fingerprint density at radius 3 is 2.54 bits per heavy atom. The second-order valence-corrected chi connectivity index (χ2v) is 7.33. The van der Waals surface area contributed by atoms with Crippen molar-refractivity contribution in [1.29, 1.82) is 0 Å². The summed E-state index contributed by atoms with van der Waals surface area (Å²) in [5.41, 5.74) is 0.572. The molecule has 136 valence electrons. The number of nitro groups is 1. The highest BCUT2D eigenvalue weighted by molar-refractivity contribution is 14.1. The van der Waals surface area contributed by atoms with Crippen molar-refractivity contribution in [3.63, 3.8) is 0 Å². The van der Waals surface area contributed by atoms with Crippen LogP contribution in [0.1, 0.15) is 29.6 Å². The first-order valence-electron chi connectivity index (χ1n) is 8.25. The molecule has 3 rings (SSSR count). The van der Waals surface area contributed by atoms with Crippen LogP contribution in [-0.4, -0.2) is 23.9 Å². The third-order valence-corrected chi connectivity index (χ3v) is 4.98. The lowest BCUT2D eigenvalue weighted by molar-refractivity contribution is -0.384. The molecule has 26 heavy (non-hydrogen) atoms. The number of amides is 1. The lowest BCUT2D eigenvalue weighted by Gasteiger charge is -2.28. The van der Waals surface area contributed by atoms with Gasteiger partial charge in [0.25, 0.3) is 11.6 Å². The fraction of sp³-hybridized carbons (Fsp3) is 0.278. The summed E-state index contributed by atoms with van der Waals surface area (Å²) in [7, 11) is 0. The maximum atomic E-state index is 13.9. The van der Waals surface area contributed by atoms with Crippen molar-refractivity contribution in [2.24, 2.45) is 0 Å². The highest BCUT2D eigenvalue weighted by Crippen LogP contribution is 2.31. The van der Waals surface area contributed by atoms with Crippen LogP contribution in [0.5, 0.6) is 0 Å². The molecule has 0 saturated carbocycles. The molecule has 8 heteroatoms. The quantitative estimate of drug-likeness (QED) is 0.404. The molecule has 0 unspecified atom stereocenters. The minimum Gasteiger partial charge on any atom is -0.366 e. The van der Waals surface area contributed by atoms with E-state index in [-0.39, 0.29) is 16.9 Å². The predicted molar refractivity (Wildman–Crippen MR) is 106 cm³/mol. The summed E-state index contributed by atoms with van der Waals surface area (Å²) < 4.78 is 14.6. The third kappa shape index (κ3) is 4.12. The van der Waals surface area contributed by atoms with E-state index < -0.39 is 16.6 Å². The van der Waals surface area contributed by atoms with Crippen LogP contribution in [0.25, 0.3) is 0 Å². The molecule has 6 nitrogen and oxygen atoms in total. The molecule has 1 aliphatic rings. The van der Waals surface area contributed by atoms with Gasteiger partial charge in [0.2, 0.25) is 0 Å². The number of rotatable bonds is 4. The number of benzene rings is 2. The highest BCUT2D eigenvalue weighted by Gasteiger charge is 2.23. The van der Waals surface area contributed by atoms with Crippen LogP contribution in [-0.2, 0) is 0 Å². The van der Waals surface area contributed by atoms with Crippen molar-refractivity contribution in [1.82, 2.24) is 0 Å². The summed E-state index contributed by atoms with van der Waals surface area (Å²) in [6.07, 6.45) is 3.10. The van der Waals surface area contributed by atoms with Gasteiger partial charge in [-0.05, 0) is 72.2 Å². The van der Waals surface area contributed by atoms with Gasteiger partial charge in [-0.1, -0.05) is 0 Å². The third-order valence-electron chi connectivity index (χ3n) is 4.31. The van der Waals surface area contributed by atoms with Crippen LogP contribution in [0, 0.1) is 19.5 Å². The molecule has 1 N–H and O–H groups in total. The van der Waals surface area contributed by atoms with Crippen LogP contribution >= 0.6 is 22.6 Å². The Balaban J connectivity index is 1.86. The zero-order valence-corrected chi connectivity index (χ0v) is 16.0. The zero-order chi connectivity index (χ0) is 18.7. The van der Waals surface area contributed by atoms with Crippen molar-refractivity contribution in [3.05, 3.63) is 61.5 Å². The number of nitrogens with one attached hydrogen (secondary N) is 1. The molecule has 0 aliphatic carbocycles. The van der Waals surface area contributed by atoms with Gasteiger partial charge in [0, 0.05) is 28.3 Å². The van der Waals surface area contributed by atoms with E-state index in [0.717, 1.165) is 32.4 Å². The lowest BCUT2D eigenvalue weighted by Crippen LogP contribution is -2.30. The summed E-state index contributed by atoms with van der Waals surface area (Å²) >= 11 is 1.97. The number of carbonyl (C=O) groups is 1. The number of halogens is 2. The van der Waals surface area contributed by atoms with E-state index in [1.807, 2.05) is 27.5 Å². The summed E-state index contributed by atoms with van der Waals surface area (Å²) in [6, 6.07) is 8.83. The maximum Gasteiger partial charge on any atom is 0.293 e. The molecule has 2 aromatic rings. The number of nitrogens with zero attached hydrogens (tertiary/aromatic N) is 2. The largest absolute Gasteiger partial charge is 0.366 e. The van der Waals surface area contributed by atoms with Crippen LogP contribution < -0.4 is 10.2 Å². The molecule has 1 saturated heterocycles. The summed E-state index contributed by atoms with van der Waals surface area (Å²) in [4.78, 5) is 25.4. The number of hydrogen-bond acceptors (Lipinski definition) is 4. The zero-order valence-electron chi connectivity index (χ0n) is 13.9. The Morgan fingerprint density at radius 2 is 1.88 bits per heavy atom. The van der Waals surface area contributed by atoms with Gasteiger partial charge in [-0.15, -0.1) is 0 Å². The minimum atomic E-state index is -0.585. The smallest absolute Gasteiger partial charge is 0.293 e. The van der Waals surface area contributed by atoms with Crippen molar-refractivity contribution in [2.75, 3.05) is 23.3 Å². The fourth-order valence-corrected chi connectivity index (χ4v) is 3.45. The standard InChI is InChI=1S/C18H17FIN3O3/c19-14-11-13(20)5-6-15(14)21-18(24)12-4-7-16(17(10-12)23(25)26)22-8-2-1-3-9-22/h4-7,10-11H,1-3,8-9H2,(H,21,24). The molecule has 2 aromatic carbocycles. The summed E-state index contributed by atoms with van der Waals surface area (Å²) in [6.45, 7) is 1.53. The maximum absolute atomic E-state index is 13.9. The molecule has 1 fully saturated rings. The van der Waals surface area contributed by atoms with Crippen molar-refractivity contribution >= 4 is 45.6 Å². The second kappa shape index (κ2) is 7.98. The highest BCUT2D eigenvalue weighted by atomic mass is 127. The number of nitro benzene ring substituents is 1. The SMILES string of the molecule is O=C(Nc1ccc(I)cc1F)c1ccc(N2CCCCC2)c([N+](=O)[O-])c1. The summed E-state index contributed by atoms with van der Waals surface area (Å²) in [5, 5.41) is 13.9. The minimum absolute atomic E-state index is 0.0400. The first-order chi connectivity index (χ1) is 12.5. The normalized spacial score (nSPS) is 14.2. The van der Waals surface area contributed by atoms with Crippen LogP contribution in [0.2, 0.25) is 0 Å². The van der Waals surface area contributed by atoms with Gasteiger partial charge in [-0.2, -0.15) is 0 Å². The fourth-order valence-electron chi connectivity index (χ4n) is 3.00. The number of piperidine rings is 1. The van der Waals surface area contributed by atoms with Gasteiger partial charge >= 0.3 is 0 Å². The molecule has 1 aliphatic heterocycles. The van der Waals surface area contributed by atoms with E-state index in [1.54, 1.807) is 12.1 Å². The van der Waals surface area contributed by atoms with Gasteiger partial charge in [0.05, 0.1) is 10.6 Å². The van der Waals surface area contributed by atoms with Gasteiger partial charge in [0.1, 0.15) is 11.5 Å². The average Bonchev–Trinajstić information content (AvgIpc) is 2.64. The molecule has 0 spiro atoms. The lowest BCUT2D eigenvalue weighted by atomic mass is 10.1. The molecular formula is C18H17FIN3O3. The second-order valence-electron chi connectivity index (χ2n) is 6.09. The van der Waals surface area contributed by atoms with Gasteiger partial charge < -0.3 is 10.2 Å². The van der Waals surface area contributed by atoms with E-state index in [9.17, 15) is 19.3 Å². The first kappa shape index (κ1) is 18.6. The van der Waals surface area contributed by atoms with E-state index in [4.69, 9.17) is 0 Å². The topological polar surface area (TPSA) is 75.5 Å². The monoisotopic (exact) mass is 469 g/mol. The predicted octanol–water partition coefficient (Wildman–Crippen LogP) is 4.58. The molecule has 0 radical (unpaired) electrons. The van der Waals surface area contributed by atoms with E-state index in [2.05, 4.69) is 5.32 Å². The Hall–Kier alpha value is -2.23. The van der Waals surface area contributed by atoms with Crippen molar-refractivity contribution in [2.45, 2.75) is 19.3 Å². The van der Waals surface area contributed by atoms with Crippen molar-refractivity contribution in [3.8, 4) is 0 Å². The van der Waals surface area contributed by atoms with Gasteiger partial charge in [-0.25, -0.2) is 4.39 Å². The van der Waals surface area contributed by atoms with E-state index in [1.165, 1.54) is 24.3 Å². The number of anilines is 2. The Labute approximate surface area is 163 Å². The number of hydrogen-bond donors (Lipinski definition) is 1. The Morgan fingerprint density at radius 1 is 1.15 bits per heavy atom. The Kier molecular flexibility index (Phi) is 5.70. The molecule has 0 aromatic heterocycles. The molecule has 1 amide bonds. The van der Waals surface area contributed by atoms with E-state index >= 15 is 0 Å². The molecule has 1 heterocycles. The van der Waals surface area contributed by atoms with E-state index in [0.29, 0.717) is 9.26 Å². The first-order valence-corrected chi connectivity index (χ1v) is 9.33. The molecular weight excluding hydrogens is 452 g/mol. The Bertz CT molecular complexity index is 854. The van der Waals surface area contributed by atoms with Crippen LogP contribution in [0.15, 0.2) is 36.4 Å². The van der Waals surface area contributed by atoms with Crippen LogP contribution in [0.4, 0.5) is 21.5 Å². The van der Waals surface area contributed by atoms with Crippen LogP contribution in [0.3, 0.4) is 0 Å². The average molecular weight is 469 g/mol. The van der Waals surface area contributed by atoms with Crippen molar-refractivity contribution < 1.29 is 14.1 Å². The number of carbonyl (C=O) groups excluding carboxylic acids is 1. The summed E-state index contributed by atoms with van der Waals surface area (Å²) in [5.74, 6) is -1.14. The molecule has 0 bridgehead atoms.